The fraction of sp³-hybridized carbons (Fsp3) is 0.368. The molecule has 0 radical (unpaired) electrons. The van der Waals surface area contributed by atoms with Gasteiger partial charge in [-0.25, -0.2) is 4.79 Å². The number of rotatable bonds is 9. The summed E-state index contributed by atoms with van der Waals surface area (Å²) >= 11 is 0. The molecular weight excluding hydrogens is 384 g/mol. The van der Waals surface area contributed by atoms with Crippen molar-refractivity contribution in [2.45, 2.75) is 20.8 Å². The van der Waals surface area contributed by atoms with Crippen LogP contribution in [0.3, 0.4) is 0 Å². The molecule has 0 aliphatic rings. The summed E-state index contributed by atoms with van der Waals surface area (Å²) in [4.78, 5) is 47.6. The van der Waals surface area contributed by atoms with E-state index in [0.29, 0.717) is 0 Å². The summed E-state index contributed by atoms with van der Waals surface area (Å²) in [5, 5.41) is 20.5. The third kappa shape index (κ3) is 5.87. The van der Waals surface area contributed by atoms with E-state index in [-0.39, 0.29) is 36.6 Å². The number of carbonyl (C=O) groups is 3. The maximum atomic E-state index is 12.5. The molecule has 0 fully saturated rings. The van der Waals surface area contributed by atoms with Gasteiger partial charge in [-0.05, 0) is 38.5 Å². The molecule has 0 amide bonds. The number of nitrogens with zero attached hydrogens (tertiary/aromatic N) is 2. The Morgan fingerprint density at radius 1 is 1.00 bits per heavy atom. The second-order valence-corrected chi connectivity index (χ2v) is 5.36. The molecule has 0 saturated heterocycles. The van der Waals surface area contributed by atoms with Gasteiger partial charge in [0.2, 0.25) is 0 Å². The Morgan fingerprint density at radius 2 is 1.48 bits per heavy atom. The van der Waals surface area contributed by atoms with E-state index in [9.17, 15) is 29.8 Å². The summed E-state index contributed by atoms with van der Waals surface area (Å²) in [6, 6.07) is 6.32. The van der Waals surface area contributed by atoms with Crippen molar-refractivity contribution in [3.8, 4) is 6.07 Å². The average Bonchev–Trinajstić information content (AvgIpc) is 2.68. The zero-order chi connectivity index (χ0) is 22.0. The molecule has 0 aliphatic heterocycles. The molecule has 154 valence electrons. The first-order valence-electron chi connectivity index (χ1n) is 8.71. The number of nitro benzene ring substituents is 1. The van der Waals surface area contributed by atoms with E-state index in [0.717, 1.165) is 12.1 Å². The molecule has 0 unspecified atom stereocenters. The summed E-state index contributed by atoms with van der Waals surface area (Å²) in [5.74, 6) is -4.87. The largest absolute Gasteiger partial charge is 0.465 e. The van der Waals surface area contributed by atoms with Crippen molar-refractivity contribution in [2.75, 3.05) is 19.8 Å². The molecule has 0 bridgehead atoms. The zero-order valence-electron chi connectivity index (χ0n) is 16.2. The second-order valence-electron chi connectivity index (χ2n) is 5.36. The Labute approximate surface area is 166 Å². The zero-order valence-corrected chi connectivity index (χ0v) is 16.2. The number of hydrogen-bond donors (Lipinski definition) is 0. The molecule has 10 heteroatoms. The molecule has 0 saturated carbocycles. The lowest BCUT2D eigenvalue weighted by molar-refractivity contribution is -0.384. The van der Waals surface area contributed by atoms with Crippen LogP contribution in [0.4, 0.5) is 5.69 Å². The molecule has 10 nitrogen and oxygen atoms in total. The normalized spacial score (nSPS) is 11.1. The predicted molar refractivity (Wildman–Crippen MR) is 99.0 cm³/mol. The van der Waals surface area contributed by atoms with Gasteiger partial charge in [0.25, 0.3) is 5.69 Å². The first-order chi connectivity index (χ1) is 13.8. The van der Waals surface area contributed by atoms with Crippen LogP contribution in [0.1, 0.15) is 26.3 Å². The molecule has 29 heavy (non-hydrogen) atoms. The molecule has 0 atom stereocenters. The minimum Gasteiger partial charge on any atom is -0.465 e. The predicted octanol–water partition coefficient (Wildman–Crippen LogP) is 2.18. The van der Waals surface area contributed by atoms with Crippen LogP contribution in [0.2, 0.25) is 0 Å². The van der Waals surface area contributed by atoms with E-state index in [1.165, 1.54) is 32.9 Å². The minimum absolute atomic E-state index is 0.0545. The van der Waals surface area contributed by atoms with Gasteiger partial charge in [-0.3, -0.25) is 19.7 Å². The van der Waals surface area contributed by atoms with Crippen LogP contribution in [0, 0.1) is 27.4 Å². The second kappa shape index (κ2) is 11.2. The van der Waals surface area contributed by atoms with Crippen molar-refractivity contribution in [1.82, 2.24) is 0 Å². The topological polar surface area (TPSA) is 146 Å². The van der Waals surface area contributed by atoms with Gasteiger partial charge in [0.05, 0.1) is 24.7 Å². The smallest absolute Gasteiger partial charge is 0.349 e. The summed E-state index contributed by atoms with van der Waals surface area (Å²) < 4.78 is 14.7. The SMILES string of the molecule is CCOC(=O)/C(C#N)=C(/c1ccc([N+](=O)[O-])cc1)C(C(=O)OCC)C(=O)OCC. The first-order valence-corrected chi connectivity index (χ1v) is 8.71. The van der Waals surface area contributed by atoms with Crippen LogP contribution < -0.4 is 0 Å². The maximum Gasteiger partial charge on any atom is 0.349 e. The summed E-state index contributed by atoms with van der Waals surface area (Å²) in [7, 11) is 0. The van der Waals surface area contributed by atoms with Crippen molar-refractivity contribution < 1.29 is 33.5 Å². The number of hydrogen-bond acceptors (Lipinski definition) is 9. The average molecular weight is 404 g/mol. The van der Waals surface area contributed by atoms with Gasteiger partial charge in [0.1, 0.15) is 11.6 Å². The third-order valence-corrected chi connectivity index (χ3v) is 3.58. The van der Waals surface area contributed by atoms with Crippen molar-refractivity contribution in [3.63, 3.8) is 0 Å². The molecular formula is C19H20N2O8. The summed E-state index contributed by atoms with van der Waals surface area (Å²) in [5.41, 5.74) is -1.11. The van der Waals surface area contributed by atoms with Gasteiger partial charge in [0.15, 0.2) is 5.92 Å². The van der Waals surface area contributed by atoms with Gasteiger partial charge in [-0.1, -0.05) is 0 Å². The van der Waals surface area contributed by atoms with Crippen molar-refractivity contribution in [2.24, 2.45) is 5.92 Å². The Hall–Kier alpha value is -3.74. The number of ether oxygens (including phenoxy) is 3. The lowest BCUT2D eigenvalue weighted by atomic mass is 9.88. The number of benzene rings is 1. The van der Waals surface area contributed by atoms with Crippen LogP contribution in [0.25, 0.3) is 5.57 Å². The molecule has 0 heterocycles. The minimum atomic E-state index is -1.75. The van der Waals surface area contributed by atoms with Crippen LogP contribution in [-0.2, 0) is 28.6 Å². The van der Waals surface area contributed by atoms with E-state index in [1.807, 2.05) is 0 Å². The highest BCUT2D eigenvalue weighted by molar-refractivity contribution is 6.13. The van der Waals surface area contributed by atoms with E-state index in [2.05, 4.69) is 0 Å². The van der Waals surface area contributed by atoms with Gasteiger partial charge in [-0.15, -0.1) is 0 Å². The van der Waals surface area contributed by atoms with Gasteiger partial charge in [-0.2, -0.15) is 5.26 Å². The van der Waals surface area contributed by atoms with E-state index < -0.39 is 34.3 Å². The van der Waals surface area contributed by atoms with Gasteiger partial charge < -0.3 is 14.2 Å². The van der Waals surface area contributed by atoms with Crippen molar-refractivity contribution in [3.05, 3.63) is 45.5 Å². The highest BCUT2D eigenvalue weighted by Crippen LogP contribution is 2.31. The van der Waals surface area contributed by atoms with E-state index >= 15 is 0 Å². The Kier molecular flexibility index (Phi) is 8.98. The van der Waals surface area contributed by atoms with Crippen LogP contribution in [0.5, 0.6) is 0 Å². The lowest BCUT2D eigenvalue weighted by Crippen LogP contribution is -2.31. The molecule has 0 aliphatic carbocycles. The number of nitriles is 1. The fourth-order valence-corrected chi connectivity index (χ4v) is 2.42. The highest BCUT2D eigenvalue weighted by atomic mass is 16.6. The van der Waals surface area contributed by atoms with Gasteiger partial charge >= 0.3 is 17.9 Å². The quantitative estimate of drug-likeness (QED) is 0.115. The standard InChI is InChI=1S/C19H20N2O8/c1-4-27-17(22)14(11-20)15(12-7-9-13(10-8-12)21(25)26)16(18(23)28-5-2)19(24)29-6-3/h7-10,16H,4-6H2,1-3H3/b15-14-. The maximum absolute atomic E-state index is 12.5. The Bertz CT molecular complexity index is 834. The molecule has 0 N–H and O–H groups in total. The monoisotopic (exact) mass is 404 g/mol. The molecule has 1 rings (SSSR count). The number of carbonyl (C=O) groups excluding carboxylic acids is 3. The van der Waals surface area contributed by atoms with Crippen LogP contribution in [0.15, 0.2) is 29.8 Å². The number of non-ortho nitro benzene ring substituents is 1. The molecule has 0 spiro atoms. The molecule has 0 aromatic heterocycles. The van der Waals surface area contributed by atoms with Crippen LogP contribution >= 0.6 is 0 Å². The van der Waals surface area contributed by atoms with Gasteiger partial charge in [0, 0.05) is 17.7 Å². The van der Waals surface area contributed by atoms with E-state index in [1.54, 1.807) is 6.07 Å². The fourth-order valence-electron chi connectivity index (χ4n) is 2.42. The first kappa shape index (κ1) is 23.3. The van der Waals surface area contributed by atoms with Crippen molar-refractivity contribution >= 4 is 29.2 Å². The molecule has 1 aromatic rings. The number of esters is 3. The Morgan fingerprint density at radius 3 is 1.86 bits per heavy atom. The van der Waals surface area contributed by atoms with E-state index in [4.69, 9.17) is 14.2 Å². The van der Waals surface area contributed by atoms with Crippen molar-refractivity contribution in [1.29, 1.82) is 5.26 Å². The summed E-state index contributed by atoms with van der Waals surface area (Å²) in [6.45, 7) is 4.37. The highest BCUT2D eigenvalue weighted by Gasteiger charge is 2.38. The summed E-state index contributed by atoms with van der Waals surface area (Å²) in [6.07, 6.45) is 0. The van der Waals surface area contributed by atoms with Crippen LogP contribution in [-0.4, -0.2) is 42.7 Å². The molecule has 1 aromatic carbocycles. The lowest BCUT2D eigenvalue weighted by Gasteiger charge is -2.19. The Balaban J connectivity index is 3.77. The number of nitro groups is 1. The third-order valence-electron chi connectivity index (χ3n) is 3.58.